The van der Waals surface area contributed by atoms with E-state index < -0.39 is 0 Å². The summed E-state index contributed by atoms with van der Waals surface area (Å²) in [7, 11) is 0. The second kappa shape index (κ2) is 5.02. The molecule has 0 fully saturated rings. The summed E-state index contributed by atoms with van der Waals surface area (Å²) in [6.45, 7) is 0. The van der Waals surface area contributed by atoms with Gasteiger partial charge in [-0.3, -0.25) is 4.98 Å². The predicted octanol–water partition coefficient (Wildman–Crippen LogP) is 4.29. The summed E-state index contributed by atoms with van der Waals surface area (Å²) in [5.74, 6) is 0.276. The van der Waals surface area contributed by atoms with Crippen LogP contribution in [0.3, 0.4) is 0 Å². The van der Waals surface area contributed by atoms with Crippen LogP contribution in [-0.2, 0) is 6.42 Å². The number of benzene rings is 2. The highest BCUT2D eigenvalue weighted by Gasteiger charge is 2.04. The van der Waals surface area contributed by atoms with E-state index in [1.807, 2.05) is 30.5 Å². The SMILES string of the molecule is Oc1ccc2ccnc(Cc3ccc(Br)cc3)c2c1. The molecule has 1 aromatic heterocycles. The summed E-state index contributed by atoms with van der Waals surface area (Å²) in [6.07, 6.45) is 2.57. The maximum absolute atomic E-state index is 9.62. The van der Waals surface area contributed by atoms with Crippen molar-refractivity contribution in [2.75, 3.05) is 0 Å². The van der Waals surface area contributed by atoms with Gasteiger partial charge >= 0.3 is 0 Å². The second-order valence-electron chi connectivity index (χ2n) is 4.47. The van der Waals surface area contributed by atoms with E-state index in [2.05, 4.69) is 33.0 Å². The van der Waals surface area contributed by atoms with Crippen LogP contribution in [-0.4, -0.2) is 10.1 Å². The van der Waals surface area contributed by atoms with Gasteiger partial charge in [-0.2, -0.15) is 0 Å². The lowest BCUT2D eigenvalue weighted by Gasteiger charge is -2.06. The molecular formula is C16H12BrNO. The average molecular weight is 314 g/mol. The summed E-state index contributed by atoms with van der Waals surface area (Å²) in [4.78, 5) is 4.44. The molecule has 3 heteroatoms. The molecule has 19 heavy (non-hydrogen) atoms. The van der Waals surface area contributed by atoms with Crippen molar-refractivity contribution in [2.24, 2.45) is 0 Å². The summed E-state index contributed by atoms with van der Waals surface area (Å²) in [6, 6.07) is 15.6. The number of phenolic OH excluding ortho intramolecular Hbond substituents is 1. The number of nitrogens with zero attached hydrogens (tertiary/aromatic N) is 1. The topological polar surface area (TPSA) is 33.1 Å². The van der Waals surface area contributed by atoms with E-state index in [0.29, 0.717) is 0 Å². The Hall–Kier alpha value is -1.87. The number of pyridine rings is 1. The van der Waals surface area contributed by atoms with Gasteiger partial charge in [-0.25, -0.2) is 0 Å². The van der Waals surface area contributed by atoms with E-state index in [-0.39, 0.29) is 5.75 Å². The van der Waals surface area contributed by atoms with Crippen LogP contribution in [0.4, 0.5) is 0 Å². The molecular weight excluding hydrogens is 302 g/mol. The quantitative estimate of drug-likeness (QED) is 0.765. The van der Waals surface area contributed by atoms with Gasteiger partial charge in [0.2, 0.25) is 0 Å². The van der Waals surface area contributed by atoms with Crippen LogP contribution < -0.4 is 0 Å². The van der Waals surface area contributed by atoms with E-state index in [1.165, 1.54) is 5.56 Å². The van der Waals surface area contributed by atoms with Crippen LogP contribution in [0.25, 0.3) is 10.8 Å². The minimum atomic E-state index is 0.276. The molecule has 1 heterocycles. The zero-order valence-corrected chi connectivity index (χ0v) is 11.8. The molecule has 0 aliphatic carbocycles. The monoisotopic (exact) mass is 313 g/mol. The van der Waals surface area contributed by atoms with E-state index >= 15 is 0 Å². The lowest BCUT2D eigenvalue weighted by atomic mass is 10.0. The van der Waals surface area contributed by atoms with Crippen LogP contribution in [0.5, 0.6) is 5.75 Å². The molecule has 0 atom stereocenters. The number of halogens is 1. The van der Waals surface area contributed by atoms with Crippen molar-refractivity contribution in [3.05, 3.63) is 70.5 Å². The van der Waals surface area contributed by atoms with Gasteiger partial charge < -0.3 is 5.11 Å². The third-order valence-corrected chi connectivity index (χ3v) is 3.65. The predicted molar refractivity (Wildman–Crippen MR) is 80.4 cm³/mol. The molecule has 0 aliphatic heterocycles. The smallest absolute Gasteiger partial charge is 0.116 e. The van der Waals surface area contributed by atoms with E-state index in [9.17, 15) is 5.11 Å². The Morgan fingerprint density at radius 2 is 1.79 bits per heavy atom. The number of hydrogen-bond donors (Lipinski definition) is 1. The molecule has 0 saturated carbocycles. The van der Waals surface area contributed by atoms with Crippen molar-refractivity contribution in [2.45, 2.75) is 6.42 Å². The number of aromatic nitrogens is 1. The average Bonchev–Trinajstić information content (AvgIpc) is 2.42. The molecule has 2 aromatic carbocycles. The van der Waals surface area contributed by atoms with Crippen molar-refractivity contribution in [1.82, 2.24) is 4.98 Å². The molecule has 0 saturated heterocycles. The van der Waals surface area contributed by atoms with Crippen LogP contribution in [0.15, 0.2) is 59.2 Å². The molecule has 0 unspecified atom stereocenters. The van der Waals surface area contributed by atoms with Gasteiger partial charge in [0.05, 0.1) is 5.69 Å². The first kappa shape index (κ1) is 12.2. The molecule has 1 N–H and O–H groups in total. The highest BCUT2D eigenvalue weighted by atomic mass is 79.9. The van der Waals surface area contributed by atoms with Gasteiger partial charge in [0, 0.05) is 22.5 Å². The lowest BCUT2D eigenvalue weighted by Crippen LogP contribution is -1.93. The molecule has 94 valence electrons. The minimum Gasteiger partial charge on any atom is -0.508 e. The molecule has 0 bridgehead atoms. The Bertz CT molecular complexity index is 722. The van der Waals surface area contributed by atoms with E-state index in [1.54, 1.807) is 12.1 Å². The highest BCUT2D eigenvalue weighted by Crippen LogP contribution is 2.24. The Balaban J connectivity index is 2.05. The lowest BCUT2D eigenvalue weighted by molar-refractivity contribution is 0.476. The Morgan fingerprint density at radius 1 is 1.00 bits per heavy atom. The first-order valence-corrected chi connectivity index (χ1v) is 6.83. The minimum absolute atomic E-state index is 0.276. The van der Waals surface area contributed by atoms with Gasteiger partial charge in [-0.15, -0.1) is 0 Å². The summed E-state index contributed by atoms with van der Waals surface area (Å²) in [5.41, 5.74) is 2.18. The number of rotatable bonds is 2. The zero-order chi connectivity index (χ0) is 13.2. The van der Waals surface area contributed by atoms with Crippen LogP contribution in [0.1, 0.15) is 11.3 Å². The van der Waals surface area contributed by atoms with Crippen molar-refractivity contribution in [1.29, 1.82) is 0 Å². The molecule has 2 nitrogen and oxygen atoms in total. The number of aromatic hydroxyl groups is 1. The van der Waals surface area contributed by atoms with E-state index in [4.69, 9.17) is 0 Å². The van der Waals surface area contributed by atoms with Gasteiger partial charge in [0.25, 0.3) is 0 Å². The molecule has 0 spiro atoms. The van der Waals surface area contributed by atoms with Gasteiger partial charge in [0.15, 0.2) is 0 Å². The fourth-order valence-corrected chi connectivity index (χ4v) is 2.42. The maximum atomic E-state index is 9.62. The second-order valence-corrected chi connectivity index (χ2v) is 5.38. The summed E-state index contributed by atoms with van der Waals surface area (Å²) < 4.78 is 1.07. The third kappa shape index (κ3) is 2.61. The third-order valence-electron chi connectivity index (χ3n) is 3.12. The van der Waals surface area contributed by atoms with Crippen molar-refractivity contribution >= 4 is 26.7 Å². The van der Waals surface area contributed by atoms with Crippen LogP contribution in [0, 0.1) is 0 Å². The first-order chi connectivity index (χ1) is 9.22. The van der Waals surface area contributed by atoms with Gasteiger partial charge in [-0.05, 0) is 41.3 Å². The van der Waals surface area contributed by atoms with Crippen molar-refractivity contribution in [3.8, 4) is 5.75 Å². The largest absolute Gasteiger partial charge is 0.508 e. The first-order valence-electron chi connectivity index (χ1n) is 6.03. The van der Waals surface area contributed by atoms with Gasteiger partial charge in [0.1, 0.15) is 5.75 Å². The summed E-state index contributed by atoms with van der Waals surface area (Å²) >= 11 is 3.43. The summed E-state index contributed by atoms with van der Waals surface area (Å²) in [5, 5.41) is 11.7. The number of fused-ring (bicyclic) bond motifs is 1. The molecule has 0 amide bonds. The molecule has 3 aromatic rings. The standard InChI is InChI=1S/C16H12BrNO/c17-13-4-1-11(2-5-13)9-16-15-10-14(19)6-3-12(15)7-8-18-16/h1-8,10,19H,9H2. The van der Waals surface area contributed by atoms with Crippen molar-refractivity contribution in [3.63, 3.8) is 0 Å². The molecule has 3 rings (SSSR count). The fraction of sp³-hybridized carbons (Fsp3) is 0.0625. The number of phenols is 1. The maximum Gasteiger partial charge on any atom is 0.116 e. The van der Waals surface area contributed by atoms with Crippen molar-refractivity contribution < 1.29 is 5.11 Å². The Kier molecular flexibility index (Phi) is 3.22. The van der Waals surface area contributed by atoms with Crippen LogP contribution >= 0.6 is 15.9 Å². The van der Waals surface area contributed by atoms with Crippen LogP contribution in [0.2, 0.25) is 0 Å². The Morgan fingerprint density at radius 3 is 2.58 bits per heavy atom. The molecule has 0 radical (unpaired) electrons. The molecule has 0 aliphatic rings. The van der Waals surface area contributed by atoms with E-state index in [0.717, 1.165) is 27.4 Å². The highest BCUT2D eigenvalue weighted by molar-refractivity contribution is 9.10. The zero-order valence-electron chi connectivity index (χ0n) is 10.2. The Labute approximate surface area is 119 Å². The number of hydrogen-bond acceptors (Lipinski definition) is 2. The fourth-order valence-electron chi connectivity index (χ4n) is 2.15. The normalized spacial score (nSPS) is 10.8. The van der Waals surface area contributed by atoms with Gasteiger partial charge in [-0.1, -0.05) is 34.1 Å².